The summed E-state index contributed by atoms with van der Waals surface area (Å²) < 4.78 is 25.9. The molecular formula is C10H18O3S. The minimum atomic E-state index is -3.28. The molecule has 0 aromatic heterocycles. The van der Waals surface area contributed by atoms with Crippen LogP contribution in [0.15, 0.2) is 12.2 Å². The van der Waals surface area contributed by atoms with Crippen LogP contribution in [0.1, 0.15) is 32.1 Å². The van der Waals surface area contributed by atoms with Crippen molar-refractivity contribution in [2.45, 2.75) is 32.1 Å². The Kier molecular flexibility index (Phi) is 4.62. The van der Waals surface area contributed by atoms with Crippen molar-refractivity contribution in [3.8, 4) is 0 Å². The first kappa shape index (κ1) is 11.7. The SMILES string of the molecule is CS(=O)(=O)OCC=CC1CCCCC1. The van der Waals surface area contributed by atoms with Crippen LogP contribution in [-0.2, 0) is 14.3 Å². The molecule has 0 spiro atoms. The van der Waals surface area contributed by atoms with Gasteiger partial charge in [0.15, 0.2) is 0 Å². The van der Waals surface area contributed by atoms with E-state index in [0.29, 0.717) is 5.92 Å². The molecular weight excluding hydrogens is 200 g/mol. The molecule has 0 saturated heterocycles. The minimum absolute atomic E-state index is 0.176. The lowest BCUT2D eigenvalue weighted by Gasteiger charge is -2.17. The Hall–Kier alpha value is -0.350. The van der Waals surface area contributed by atoms with Gasteiger partial charge in [0.25, 0.3) is 10.1 Å². The molecule has 1 aliphatic rings. The molecule has 0 heterocycles. The normalized spacial score (nSPS) is 20.4. The second-order valence-corrected chi connectivity index (χ2v) is 5.46. The summed E-state index contributed by atoms with van der Waals surface area (Å²) in [6.45, 7) is 0.176. The maximum atomic E-state index is 10.6. The van der Waals surface area contributed by atoms with E-state index in [2.05, 4.69) is 10.3 Å². The Balaban J connectivity index is 2.19. The van der Waals surface area contributed by atoms with Gasteiger partial charge in [0, 0.05) is 0 Å². The third kappa shape index (κ3) is 5.40. The third-order valence-corrected chi connectivity index (χ3v) is 3.00. The van der Waals surface area contributed by atoms with Crippen molar-refractivity contribution in [2.24, 2.45) is 5.92 Å². The van der Waals surface area contributed by atoms with E-state index in [0.717, 1.165) is 6.26 Å². The van der Waals surface area contributed by atoms with Gasteiger partial charge in [0.05, 0.1) is 12.9 Å². The molecule has 0 aliphatic heterocycles. The molecule has 0 atom stereocenters. The lowest BCUT2D eigenvalue weighted by atomic mass is 9.89. The van der Waals surface area contributed by atoms with Crippen molar-refractivity contribution in [1.29, 1.82) is 0 Å². The van der Waals surface area contributed by atoms with Crippen molar-refractivity contribution in [2.75, 3.05) is 12.9 Å². The summed E-state index contributed by atoms with van der Waals surface area (Å²) >= 11 is 0. The summed E-state index contributed by atoms with van der Waals surface area (Å²) in [4.78, 5) is 0. The van der Waals surface area contributed by atoms with Crippen molar-refractivity contribution >= 4 is 10.1 Å². The molecule has 4 heteroatoms. The van der Waals surface area contributed by atoms with Gasteiger partial charge in [-0.1, -0.05) is 31.4 Å². The first-order valence-electron chi connectivity index (χ1n) is 5.09. The summed E-state index contributed by atoms with van der Waals surface area (Å²) in [5.74, 6) is 0.631. The van der Waals surface area contributed by atoms with Gasteiger partial charge in [-0.15, -0.1) is 0 Å². The molecule has 0 N–H and O–H groups in total. The van der Waals surface area contributed by atoms with Crippen molar-refractivity contribution < 1.29 is 12.6 Å². The first-order valence-corrected chi connectivity index (χ1v) is 6.90. The van der Waals surface area contributed by atoms with E-state index in [1.54, 1.807) is 0 Å². The highest BCUT2D eigenvalue weighted by atomic mass is 32.2. The molecule has 0 aromatic carbocycles. The zero-order valence-electron chi connectivity index (χ0n) is 8.61. The standard InChI is InChI=1S/C10H18O3S/c1-14(11,12)13-9-5-8-10-6-3-2-4-7-10/h5,8,10H,2-4,6-7,9H2,1H3. The van der Waals surface area contributed by atoms with Crippen molar-refractivity contribution in [3.05, 3.63) is 12.2 Å². The monoisotopic (exact) mass is 218 g/mol. The highest BCUT2D eigenvalue weighted by Gasteiger charge is 2.09. The van der Waals surface area contributed by atoms with Crippen LogP contribution in [-0.4, -0.2) is 21.3 Å². The molecule has 1 aliphatic carbocycles. The Labute approximate surface area is 86.3 Å². The lowest BCUT2D eigenvalue weighted by Crippen LogP contribution is -2.05. The topological polar surface area (TPSA) is 43.4 Å². The number of allylic oxidation sites excluding steroid dienone is 1. The van der Waals surface area contributed by atoms with Gasteiger partial charge in [-0.2, -0.15) is 8.42 Å². The maximum absolute atomic E-state index is 10.6. The molecule has 0 radical (unpaired) electrons. The van der Waals surface area contributed by atoms with Crippen LogP contribution in [0.3, 0.4) is 0 Å². The summed E-state index contributed by atoms with van der Waals surface area (Å²) in [5, 5.41) is 0. The van der Waals surface area contributed by atoms with Crippen LogP contribution >= 0.6 is 0 Å². The third-order valence-electron chi connectivity index (χ3n) is 2.44. The average Bonchev–Trinajstić information content (AvgIpc) is 2.13. The van der Waals surface area contributed by atoms with E-state index in [4.69, 9.17) is 0 Å². The second kappa shape index (κ2) is 5.51. The fourth-order valence-corrected chi connectivity index (χ4v) is 2.06. The molecule has 1 saturated carbocycles. The van der Waals surface area contributed by atoms with E-state index in [-0.39, 0.29) is 6.61 Å². The van der Waals surface area contributed by atoms with Crippen LogP contribution in [0.4, 0.5) is 0 Å². The van der Waals surface area contributed by atoms with E-state index in [1.807, 2.05) is 6.08 Å². The zero-order chi connectivity index (χ0) is 10.4. The fraction of sp³-hybridized carbons (Fsp3) is 0.800. The van der Waals surface area contributed by atoms with Crippen LogP contribution in [0.2, 0.25) is 0 Å². The van der Waals surface area contributed by atoms with Crippen LogP contribution < -0.4 is 0 Å². The number of hydrogen-bond donors (Lipinski definition) is 0. The summed E-state index contributed by atoms with van der Waals surface area (Å²) in [6.07, 6.45) is 11.4. The van der Waals surface area contributed by atoms with Gasteiger partial charge in [-0.25, -0.2) is 0 Å². The molecule has 0 bridgehead atoms. The van der Waals surface area contributed by atoms with Gasteiger partial charge >= 0.3 is 0 Å². The smallest absolute Gasteiger partial charge is 0.264 e. The molecule has 14 heavy (non-hydrogen) atoms. The van der Waals surface area contributed by atoms with Gasteiger partial charge < -0.3 is 0 Å². The van der Waals surface area contributed by atoms with Crippen LogP contribution in [0.25, 0.3) is 0 Å². The Bertz CT molecular complexity index is 274. The highest BCUT2D eigenvalue weighted by Crippen LogP contribution is 2.24. The molecule has 0 unspecified atom stereocenters. The zero-order valence-corrected chi connectivity index (χ0v) is 9.42. The Morgan fingerprint density at radius 3 is 2.50 bits per heavy atom. The molecule has 0 aromatic rings. The van der Waals surface area contributed by atoms with E-state index < -0.39 is 10.1 Å². The molecule has 82 valence electrons. The molecule has 1 rings (SSSR count). The lowest BCUT2D eigenvalue weighted by molar-refractivity contribution is 0.358. The van der Waals surface area contributed by atoms with E-state index >= 15 is 0 Å². The predicted octanol–water partition coefficient (Wildman–Crippen LogP) is 2.10. The fourth-order valence-electron chi connectivity index (χ4n) is 1.74. The van der Waals surface area contributed by atoms with Gasteiger partial charge in [-0.05, 0) is 18.8 Å². The summed E-state index contributed by atoms with van der Waals surface area (Å²) in [7, 11) is -3.28. The van der Waals surface area contributed by atoms with Gasteiger partial charge in [0.2, 0.25) is 0 Å². The van der Waals surface area contributed by atoms with E-state index in [9.17, 15) is 8.42 Å². The summed E-state index contributed by atoms with van der Waals surface area (Å²) in [6, 6.07) is 0. The number of rotatable bonds is 4. The molecule has 1 fully saturated rings. The molecule has 0 amide bonds. The van der Waals surface area contributed by atoms with Crippen molar-refractivity contribution in [1.82, 2.24) is 0 Å². The van der Waals surface area contributed by atoms with Gasteiger partial charge in [-0.3, -0.25) is 4.18 Å². The van der Waals surface area contributed by atoms with E-state index in [1.165, 1.54) is 32.1 Å². The van der Waals surface area contributed by atoms with Crippen molar-refractivity contribution in [3.63, 3.8) is 0 Å². The predicted molar refractivity (Wildman–Crippen MR) is 56.5 cm³/mol. The minimum Gasteiger partial charge on any atom is -0.266 e. The quantitative estimate of drug-likeness (QED) is 0.536. The average molecular weight is 218 g/mol. The van der Waals surface area contributed by atoms with Gasteiger partial charge in [0.1, 0.15) is 0 Å². The Morgan fingerprint density at radius 1 is 1.29 bits per heavy atom. The Morgan fingerprint density at radius 2 is 1.93 bits per heavy atom. The largest absolute Gasteiger partial charge is 0.266 e. The maximum Gasteiger partial charge on any atom is 0.264 e. The first-order chi connectivity index (χ1) is 6.58. The van der Waals surface area contributed by atoms with Crippen LogP contribution in [0, 0.1) is 5.92 Å². The second-order valence-electron chi connectivity index (χ2n) is 3.81. The van der Waals surface area contributed by atoms with Crippen LogP contribution in [0.5, 0.6) is 0 Å². The molecule has 3 nitrogen and oxygen atoms in total. The number of hydrogen-bond acceptors (Lipinski definition) is 3. The summed E-state index contributed by atoms with van der Waals surface area (Å²) in [5.41, 5.74) is 0. The highest BCUT2D eigenvalue weighted by molar-refractivity contribution is 7.85.